The summed E-state index contributed by atoms with van der Waals surface area (Å²) in [5.74, 6) is -0.00877. The van der Waals surface area contributed by atoms with Crippen molar-refractivity contribution in [3.63, 3.8) is 0 Å². The molecule has 0 saturated heterocycles. The van der Waals surface area contributed by atoms with Crippen molar-refractivity contribution in [3.05, 3.63) is 23.3 Å². The van der Waals surface area contributed by atoms with Crippen molar-refractivity contribution in [3.8, 4) is 0 Å². The van der Waals surface area contributed by atoms with Crippen molar-refractivity contribution in [2.24, 2.45) is 16.7 Å². The largest absolute Gasteiger partial charge is 0.468 e. The van der Waals surface area contributed by atoms with E-state index in [2.05, 4.69) is 32.9 Å². The van der Waals surface area contributed by atoms with Gasteiger partial charge in [0.05, 0.1) is 31.8 Å². The number of rotatable bonds is 7. The van der Waals surface area contributed by atoms with Crippen molar-refractivity contribution in [1.82, 2.24) is 0 Å². The lowest BCUT2D eigenvalue weighted by Gasteiger charge is -2.55. The van der Waals surface area contributed by atoms with E-state index in [0.29, 0.717) is 26.1 Å². The minimum atomic E-state index is -0.625. The van der Waals surface area contributed by atoms with Gasteiger partial charge in [-0.25, -0.2) is 0 Å². The van der Waals surface area contributed by atoms with E-state index in [9.17, 15) is 4.79 Å². The van der Waals surface area contributed by atoms with Crippen LogP contribution >= 0.6 is 0 Å². The third-order valence-electron chi connectivity index (χ3n) is 5.76. The van der Waals surface area contributed by atoms with E-state index in [1.807, 2.05) is 6.92 Å². The fraction of sp³-hybridized carbons (Fsp3) is 0.750. The molecule has 0 heterocycles. The molecule has 3 atom stereocenters. The van der Waals surface area contributed by atoms with Gasteiger partial charge in [-0.1, -0.05) is 31.6 Å². The Balaban J connectivity index is 2.29. The van der Waals surface area contributed by atoms with Gasteiger partial charge < -0.3 is 18.9 Å². The van der Waals surface area contributed by atoms with E-state index in [1.54, 1.807) is 7.11 Å². The zero-order valence-electron chi connectivity index (χ0n) is 16.4. The maximum absolute atomic E-state index is 12.8. The summed E-state index contributed by atoms with van der Waals surface area (Å²) in [6.45, 7) is 9.76. The van der Waals surface area contributed by atoms with Crippen molar-refractivity contribution in [1.29, 1.82) is 0 Å². The van der Waals surface area contributed by atoms with Crippen LogP contribution in [0.4, 0.5) is 0 Å². The second-order valence-electron chi connectivity index (χ2n) is 7.68. The lowest BCUT2D eigenvalue weighted by Crippen LogP contribution is -2.55. The maximum Gasteiger partial charge on any atom is 0.316 e. The Kier molecular flexibility index (Phi) is 6.46. The predicted molar refractivity (Wildman–Crippen MR) is 96.0 cm³/mol. The highest BCUT2D eigenvalue weighted by atomic mass is 16.7. The van der Waals surface area contributed by atoms with E-state index in [0.717, 1.165) is 5.57 Å². The van der Waals surface area contributed by atoms with Crippen molar-refractivity contribution >= 4 is 5.97 Å². The number of ether oxygens (including phenoxy) is 4. The molecule has 0 N–H and O–H groups in total. The van der Waals surface area contributed by atoms with E-state index < -0.39 is 5.41 Å². The quantitative estimate of drug-likeness (QED) is 0.304. The minimum absolute atomic E-state index is 0.0906. The van der Waals surface area contributed by atoms with Gasteiger partial charge in [-0.3, -0.25) is 4.79 Å². The van der Waals surface area contributed by atoms with Crippen molar-refractivity contribution < 1.29 is 23.7 Å². The molecule has 2 aliphatic carbocycles. The molecule has 0 spiro atoms. The van der Waals surface area contributed by atoms with Gasteiger partial charge in [0.25, 0.3) is 0 Å². The summed E-state index contributed by atoms with van der Waals surface area (Å²) in [5, 5.41) is 0. The van der Waals surface area contributed by atoms with Crippen LogP contribution in [0.3, 0.4) is 0 Å². The van der Waals surface area contributed by atoms with Crippen LogP contribution in [0, 0.1) is 16.7 Å². The van der Waals surface area contributed by atoms with Gasteiger partial charge in [-0.05, 0) is 32.3 Å². The smallest absolute Gasteiger partial charge is 0.316 e. The van der Waals surface area contributed by atoms with Crippen LogP contribution in [0.5, 0.6) is 0 Å². The summed E-state index contributed by atoms with van der Waals surface area (Å²) in [4.78, 5) is 12.8. The molecule has 2 rings (SSSR count). The second kappa shape index (κ2) is 8.02. The van der Waals surface area contributed by atoms with Gasteiger partial charge in [0, 0.05) is 18.4 Å². The molecule has 5 heteroatoms. The SMILES string of the molecule is CC=C1[C@H]2C=C(C)C[C@]1(C(=O)OC)C[C@@H](OCOCCOC)C2(C)C. The molecule has 0 radical (unpaired) electrons. The molecular weight excluding hydrogens is 320 g/mol. The van der Waals surface area contributed by atoms with Gasteiger partial charge in [-0.2, -0.15) is 0 Å². The summed E-state index contributed by atoms with van der Waals surface area (Å²) < 4.78 is 21.8. The van der Waals surface area contributed by atoms with E-state index in [4.69, 9.17) is 18.9 Å². The Morgan fingerprint density at radius 1 is 1.32 bits per heavy atom. The molecule has 0 unspecified atom stereocenters. The summed E-state index contributed by atoms with van der Waals surface area (Å²) in [6.07, 6.45) is 5.60. The zero-order valence-corrected chi connectivity index (χ0v) is 16.4. The average molecular weight is 352 g/mol. The van der Waals surface area contributed by atoms with Crippen LogP contribution in [0.25, 0.3) is 0 Å². The van der Waals surface area contributed by atoms with Crippen LogP contribution in [-0.4, -0.2) is 46.3 Å². The summed E-state index contributed by atoms with van der Waals surface area (Å²) in [5.41, 5.74) is 1.64. The first-order valence-electron chi connectivity index (χ1n) is 8.94. The Bertz CT molecular complexity index is 548. The number of allylic oxidation sites excluding steroid dienone is 3. The predicted octanol–water partition coefficient (Wildman–Crippen LogP) is 3.49. The molecule has 1 fully saturated rings. The summed E-state index contributed by atoms with van der Waals surface area (Å²) in [7, 11) is 3.11. The lowest BCUT2D eigenvalue weighted by molar-refractivity contribution is -0.175. The summed E-state index contributed by atoms with van der Waals surface area (Å²) >= 11 is 0. The van der Waals surface area contributed by atoms with E-state index >= 15 is 0 Å². The van der Waals surface area contributed by atoms with Crippen LogP contribution in [0.2, 0.25) is 0 Å². The Morgan fingerprint density at radius 2 is 2.04 bits per heavy atom. The van der Waals surface area contributed by atoms with Gasteiger partial charge in [0.1, 0.15) is 6.79 Å². The molecular formula is C20H32O5. The van der Waals surface area contributed by atoms with E-state index in [1.165, 1.54) is 12.7 Å². The maximum atomic E-state index is 12.8. The van der Waals surface area contributed by atoms with Crippen molar-refractivity contribution in [2.75, 3.05) is 34.2 Å². The molecule has 25 heavy (non-hydrogen) atoms. The standard InChI is InChI=1S/C20H32O5/c1-7-15-16-10-14(2)11-20(15,18(21)23-6)12-17(19(16,3)4)25-13-24-9-8-22-5/h7,10,16-17H,8-9,11-13H2,1-6H3/t16-,17-,20+/m1/s1. The third kappa shape index (κ3) is 3.69. The fourth-order valence-corrected chi connectivity index (χ4v) is 4.42. The zero-order chi connectivity index (χ0) is 18.7. The first kappa shape index (κ1) is 20.1. The molecule has 0 aliphatic heterocycles. The van der Waals surface area contributed by atoms with Gasteiger partial charge >= 0.3 is 5.97 Å². The molecule has 2 bridgehead atoms. The Morgan fingerprint density at radius 3 is 2.64 bits per heavy atom. The number of methoxy groups -OCH3 is 2. The van der Waals surface area contributed by atoms with Gasteiger partial charge in [0.2, 0.25) is 0 Å². The number of carbonyl (C=O) groups is 1. The van der Waals surface area contributed by atoms with Crippen LogP contribution in [0.1, 0.15) is 40.5 Å². The molecule has 0 amide bonds. The van der Waals surface area contributed by atoms with Gasteiger partial charge in [-0.15, -0.1) is 0 Å². The Hall–Kier alpha value is -1.17. The number of carbonyl (C=O) groups excluding carboxylic acids is 1. The van der Waals surface area contributed by atoms with Crippen LogP contribution in [-0.2, 0) is 23.7 Å². The third-order valence-corrected chi connectivity index (χ3v) is 5.76. The lowest BCUT2D eigenvalue weighted by atomic mass is 9.51. The fourth-order valence-electron chi connectivity index (χ4n) is 4.42. The average Bonchev–Trinajstić information content (AvgIpc) is 2.58. The van der Waals surface area contributed by atoms with Crippen molar-refractivity contribution in [2.45, 2.75) is 46.6 Å². The molecule has 2 aliphatic rings. The molecule has 0 aromatic heterocycles. The first-order valence-corrected chi connectivity index (χ1v) is 8.94. The second-order valence-corrected chi connectivity index (χ2v) is 7.68. The molecule has 0 aromatic carbocycles. The van der Waals surface area contributed by atoms with Gasteiger partial charge in [0.15, 0.2) is 0 Å². The van der Waals surface area contributed by atoms with Crippen LogP contribution in [0.15, 0.2) is 23.3 Å². The monoisotopic (exact) mass is 352 g/mol. The van der Waals surface area contributed by atoms with E-state index in [-0.39, 0.29) is 30.2 Å². The van der Waals surface area contributed by atoms with Crippen LogP contribution < -0.4 is 0 Å². The number of fused-ring (bicyclic) bond motifs is 2. The first-order chi connectivity index (χ1) is 11.8. The normalized spacial score (nSPS) is 32.4. The highest BCUT2D eigenvalue weighted by Gasteiger charge is 2.58. The molecule has 142 valence electrons. The molecule has 0 aromatic rings. The number of hydrogen-bond donors (Lipinski definition) is 0. The molecule has 5 nitrogen and oxygen atoms in total. The molecule has 1 saturated carbocycles. The summed E-state index contributed by atoms with van der Waals surface area (Å²) in [6, 6.07) is 0. The highest BCUT2D eigenvalue weighted by molar-refractivity contribution is 5.82. The minimum Gasteiger partial charge on any atom is -0.468 e. The number of esters is 1. The highest BCUT2D eigenvalue weighted by Crippen LogP contribution is 2.59. The topological polar surface area (TPSA) is 54.0 Å². The number of hydrogen-bond acceptors (Lipinski definition) is 5. The Labute approximate surface area is 151 Å².